The minimum atomic E-state index is 0.261. The van der Waals surface area contributed by atoms with Crippen LogP contribution in [0.2, 0.25) is 0 Å². The molecule has 2 aliphatic heterocycles. The van der Waals surface area contributed by atoms with E-state index in [1.165, 1.54) is 19.3 Å². The number of amides is 1. The molecule has 0 aromatic carbocycles. The van der Waals surface area contributed by atoms with Crippen molar-refractivity contribution in [1.82, 2.24) is 14.8 Å². The molecule has 0 N–H and O–H groups in total. The van der Waals surface area contributed by atoms with Crippen LogP contribution in [0.1, 0.15) is 38.5 Å². The van der Waals surface area contributed by atoms with Crippen LogP contribution in [0.3, 0.4) is 0 Å². The third-order valence-corrected chi connectivity index (χ3v) is 7.71. The maximum absolute atomic E-state index is 13.1. The van der Waals surface area contributed by atoms with Crippen LogP contribution in [-0.4, -0.2) is 73.1 Å². The molecule has 0 radical (unpaired) electrons. The molecule has 1 amide bonds. The lowest BCUT2D eigenvalue weighted by Crippen LogP contribution is -2.54. The maximum Gasteiger partial charge on any atom is 0.226 e. The van der Waals surface area contributed by atoms with Crippen molar-refractivity contribution in [1.29, 1.82) is 0 Å². The summed E-state index contributed by atoms with van der Waals surface area (Å²) in [7, 11) is 1.66. The number of hydrogen-bond donors (Lipinski definition) is 0. The standard InChI is InChI=1S/C22H32N4O2/c1-28-20-7-3-6-19(23-20)25-10-8-22(9-11-25)16-18(22)21(27)26-14-12-24(13-15-26)17-4-2-5-17/h3,6-7,17-18H,2,4-5,8-16H2,1H3. The van der Waals surface area contributed by atoms with Crippen molar-refractivity contribution in [3.05, 3.63) is 18.2 Å². The molecule has 5 rings (SSSR count). The molecule has 6 heteroatoms. The number of piperidine rings is 1. The van der Waals surface area contributed by atoms with E-state index in [0.29, 0.717) is 11.8 Å². The largest absolute Gasteiger partial charge is 0.481 e. The molecule has 2 aliphatic carbocycles. The predicted octanol–water partition coefficient (Wildman–Crippen LogP) is 2.39. The quantitative estimate of drug-likeness (QED) is 0.798. The normalized spacial score (nSPS) is 27.5. The second kappa shape index (κ2) is 7.21. The first-order valence-corrected chi connectivity index (χ1v) is 11.0. The molecule has 1 spiro atoms. The third-order valence-electron chi connectivity index (χ3n) is 7.71. The fourth-order valence-electron chi connectivity index (χ4n) is 5.40. The number of carbonyl (C=O) groups excluding carboxylic acids is 1. The van der Waals surface area contributed by atoms with E-state index in [9.17, 15) is 4.79 Å². The number of methoxy groups -OCH3 is 1. The van der Waals surface area contributed by atoms with Gasteiger partial charge >= 0.3 is 0 Å². The molecule has 28 heavy (non-hydrogen) atoms. The van der Waals surface area contributed by atoms with Gasteiger partial charge in [-0.05, 0) is 43.6 Å². The van der Waals surface area contributed by atoms with Crippen LogP contribution >= 0.6 is 0 Å². The Balaban J connectivity index is 1.13. The van der Waals surface area contributed by atoms with Gasteiger partial charge in [0, 0.05) is 57.3 Å². The number of hydrogen-bond acceptors (Lipinski definition) is 5. The Labute approximate surface area is 167 Å². The highest BCUT2D eigenvalue weighted by atomic mass is 16.5. The van der Waals surface area contributed by atoms with Crippen LogP contribution in [0, 0.1) is 11.3 Å². The average molecular weight is 385 g/mol. The van der Waals surface area contributed by atoms with E-state index in [2.05, 4.69) is 25.8 Å². The van der Waals surface area contributed by atoms with Crippen molar-refractivity contribution >= 4 is 11.7 Å². The topological polar surface area (TPSA) is 48.9 Å². The van der Waals surface area contributed by atoms with Gasteiger partial charge in [0.25, 0.3) is 0 Å². The Morgan fingerprint density at radius 1 is 1.11 bits per heavy atom. The summed E-state index contributed by atoms with van der Waals surface area (Å²) in [6.07, 6.45) is 7.40. The first-order valence-electron chi connectivity index (χ1n) is 11.0. The molecule has 152 valence electrons. The van der Waals surface area contributed by atoms with Crippen LogP contribution in [0.25, 0.3) is 0 Å². The van der Waals surface area contributed by atoms with E-state index in [1.54, 1.807) is 7.11 Å². The molecule has 4 fully saturated rings. The Kier molecular flexibility index (Phi) is 4.69. The molecular weight excluding hydrogens is 352 g/mol. The van der Waals surface area contributed by atoms with Crippen LogP contribution in [0.4, 0.5) is 5.82 Å². The highest BCUT2D eigenvalue weighted by molar-refractivity contribution is 5.83. The molecule has 4 aliphatic rings. The lowest BCUT2D eigenvalue weighted by molar-refractivity contribution is -0.136. The molecule has 1 atom stereocenters. The van der Waals surface area contributed by atoms with Gasteiger partial charge in [-0.3, -0.25) is 9.69 Å². The van der Waals surface area contributed by atoms with Crippen molar-refractivity contribution in [2.24, 2.45) is 11.3 Å². The summed E-state index contributed by atoms with van der Waals surface area (Å²) in [5.74, 6) is 2.35. The molecule has 1 aromatic rings. The lowest BCUT2D eigenvalue weighted by atomic mass is 9.90. The predicted molar refractivity (Wildman–Crippen MR) is 109 cm³/mol. The van der Waals surface area contributed by atoms with Crippen LogP contribution in [-0.2, 0) is 4.79 Å². The summed E-state index contributed by atoms with van der Waals surface area (Å²) >= 11 is 0. The van der Waals surface area contributed by atoms with E-state index < -0.39 is 0 Å². The summed E-state index contributed by atoms with van der Waals surface area (Å²) in [6.45, 7) is 5.99. The fourth-order valence-corrected chi connectivity index (χ4v) is 5.40. The second-order valence-corrected chi connectivity index (χ2v) is 9.09. The van der Waals surface area contributed by atoms with Gasteiger partial charge < -0.3 is 14.5 Å². The number of anilines is 1. The van der Waals surface area contributed by atoms with E-state index in [-0.39, 0.29) is 11.3 Å². The average Bonchev–Trinajstić information content (AvgIpc) is 3.40. The monoisotopic (exact) mass is 384 g/mol. The number of ether oxygens (including phenoxy) is 1. The molecular formula is C22H32N4O2. The highest BCUT2D eigenvalue weighted by Gasteiger charge is 2.59. The van der Waals surface area contributed by atoms with Gasteiger partial charge in [-0.25, -0.2) is 0 Å². The number of rotatable bonds is 4. The summed E-state index contributed by atoms with van der Waals surface area (Å²) in [6, 6.07) is 6.74. The molecule has 2 saturated carbocycles. The van der Waals surface area contributed by atoms with Crippen LogP contribution in [0.5, 0.6) is 5.88 Å². The van der Waals surface area contributed by atoms with E-state index in [1.807, 2.05) is 12.1 Å². The van der Waals surface area contributed by atoms with Crippen molar-refractivity contribution in [2.75, 3.05) is 51.3 Å². The van der Waals surface area contributed by atoms with Gasteiger partial charge in [0.1, 0.15) is 5.82 Å². The van der Waals surface area contributed by atoms with E-state index in [4.69, 9.17) is 4.74 Å². The third kappa shape index (κ3) is 3.25. The SMILES string of the molecule is COc1cccc(N2CCC3(CC2)CC3C(=O)N2CCN(C3CCC3)CC2)n1. The van der Waals surface area contributed by atoms with Gasteiger partial charge in [0.05, 0.1) is 7.11 Å². The Hall–Kier alpha value is -1.82. The van der Waals surface area contributed by atoms with Crippen molar-refractivity contribution < 1.29 is 9.53 Å². The van der Waals surface area contributed by atoms with Gasteiger partial charge in [-0.1, -0.05) is 12.5 Å². The highest BCUT2D eigenvalue weighted by Crippen LogP contribution is 2.60. The number of aromatic nitrogens is 1. The van der Waals surface area contributed by atoms with E-state index >= 15 is 0 Å². The smallest absolute Gasteiger partial charge is 0.226 e. The summed E-state index contributed by atoms with van der Waals surface area (Å²) in [5, 5.41) is 0. The number of carbonyl (C=O) groups is 1. The van der Waals surface area contributed by atoms with Crippen LogP contribution in [0.15, 0.2) is 18.2 Å². The van der Waals surface area contributed by atoms with Gasteiger partial charge in [-0.15, -0.1) is 0 Å². The molecule has 6 nitrogen and oxygen atoms in total. The number of piperazine rings is 1. The van der Waals surface area contributed by atoms with E-state index in [0.717, 1.165) is 70.4 Å². The molecule has 0 bridgehead atoms. The zero-order valence-electron chi connectivity index (χ0n) is 17.0. The van der Waals surface area contributed by atoms with Crippen molar-refractivity contribution in [3.8, 4) is 5.88 Å². The summed E-state index contributed by atoms with van der Waals surface area (Å²) in [5.41, 5.74) is 0.261. The molecule has 2 saturated heterocycles. The Morgan fingerprint density at radius 2 is 1.86 bits per heavy atom. The Bertz CT molecular complexity index is 719. The van der Waals surface area contributed by atoms with Gasteiger partial charge in [0.2, 0.25) is 11.8 Å². The Morgan fingerprint density at radius 3 is 2.50 bits per heavy atom. The zero-order valence-corrected chi connectivity index (χ0v) is 17.0. The maximum atomic E-state index is 13.1. The van der Waals surface area contributed by atoms with Crippen molar-refractivity contribution in [2.45, 2.75) is 44.6 Å². The first-order chi connectivity index (χ1) is 13.7. The molecule has 1 aromatic heterocycles. The summed E-state index contributed by atoms with van der Waals surface area (Å²) < 4.78 is 5.26. The number of pyridine rings is 1. The zero-order chi connectivity index (χ0) is 19.1. The van der Waals surface area contributed by atoms with Gasteiger partial charge in [-0.2, -0.15) is 4.98 Å². The minimum Gasteiger partial charge on any atom is -0.481 e. The fraction of sp³-hybridized carbons (Fsp3) is 0.727. The van der Waals surface area contributed by atoms with Gasteiger partial charge in [0.15, 0.2) is 0 Å². The van der Waals surface area contributed by atoms with Crippen LogP contribution < -0.4 is 9.64 Å². The molecule has 3 heterocycles. The minimum absolute atomic E-state index is 0.261. The first kappa shape index (κ1) is 18.2. The lowest BCUT2D eigenvalue weighted by Gasteiger charge is -2.43. The molecule has 1 unspecified atom stereocenters. The number of nitrogens with zero attached hydrogens (tertiary/aromatic N) is 4. The summed E-state index contributed by atoms with van der Waals surface area (Å²) in [4.78, 5) is 24.8. The van der Waals surface area contributed by atoms with Crippen molar-refractivity contribution in [3.63, 3.8) is 0 Å². The second-order valence-electron chi connectivity index (χ2n) is 9.09.